The average Bonchev–Trinajstić information content (AvgIpc) is 2.63. The second-order valence-corrected chi connectivity index (χ2v) is 7.27. The number of carbonyl (C=O) groups excluding carboxylic acids is 1. The molecule has 0 atom stereocenters. The molecule has 0 heterocycles. The van der Waals surface area contributed by atoms with Crippen LogP contribution in [0.25, 0.3) is 11.1 Å². The predicted octanol–water partition coefficient (Wildman–Crippen LogP) is 6.44. The minimum absolute atomic E-state index is 0.459. The summed E-state index contributed by atoms with van der Waals surface area (Å²) in [7, 11) is 0. The fraction of sp³-hybridized carbons (Fsp3) is 0.174. The smallest absolute Gasteiger partial charge is 0.412 e. The van der Waals surface area contributed by atoms with Crippen molar-refractivity contribution in [1.82, 2.24) is 0 Å². The number of hydrogen-bond donors (Lipinski definition) is 2. The van der Waals surface area contributed by atoms with Gasteiger partial charge in [-0.25, -0.2) is 4.79 Å². The number of rotatable bonds is 4. The molecule has 27 heavy (non-hydrogen) atoms. The summed E-state index contributed by atoms with van der Waals surface area (Å²) in [6, 6.07) is 26.1. The highest BCUT2D eigenvalue weighted by Gasteiger charge is 2.16. The molecule has 0 radical (unpaired) electrons. The first-order valence-electron chi connectivity index (χ1n) is 8.92. The standard InChI is InChI=1S/C23H24N2O2/c1-23(2,3)27-22(26)25-21-15-13-20(14-16-21)24-19-11-9-18(10-12-19)17-7-5-4-6-8-17/h4-16,24H,1-3H3,(H,25,26). The van der Waals surface area contributed by atoms with Crippen LogP contribution in [-0.2, 0) is 4.74 Å². The van der Waals surface area contributed by atoms with Crippen molar-refractivity contribution in [3.63, 3.8) is 0 Å². The van der Waals surface area contributed by atoms with E-state index in [2.05, 4.69) is 47.0 Å². The van der Waals surface area contributed by atoms with E-state index in [-0.39, 0.29) is 0 Å². The zero-order valence-electron chi connectivity index (χ0n) is 15.8. The van der Waals surface area contributed by atoms with E-state index in [1.54, 1.807) is 0 Å². The van der Waals surface area contributed by atoms with E-state index in [1.165, 1.54) is 11.1 Å². The normalized spacial score (nSPS) is 10.9. The monoisotopic (exact) mass is 360 g/mol. The second kappa shape index (κ2) is 7.96. The van der Waals surface area contributed by atoms with Gasteiger partial charge in [0.05, 0.1) is 0 Å². The van der Waals surface area contributed by atoms with Gasteiger partial charge >= 0.3 is 6.09 Å². The number of anilines is 3. The lowest BCUT2D eigenvalue weighted by molar-refractivity contribution is 0.0636. The summed E-state index contributed by atoms with van der Waals surface area (Å²) < 4.78 is 5.25. The maximum absolute atomic E-state index is 11.8. The van der Waals surface area contributed by atoms with Crippen molar-refractivity contribution in [2.75, 3.05) is 10.6 Å². The van der Waals surface area contributed by atoms with Crippen LogP contribution in [0, 0.1) is 0 Å². The van der Waals surface area contributed by atoms with Gasteiger partial charge in [0.15, 0.2) is 0 Å². The number of nitrogens with one attached hydrogen (secondary N) is 2. The first-order chi connectivity index (χ1) is 12.9. The van der Waals surface area contributed by atoms with Crippen molar-refractivity contribution in [3.8, 4) is 11.1 Å². The van der Waals surface area contributed by atoms with Crippen LogP contribution in [0.15, 0.2) is 78.9 Å². The summed E-state index contributed by atoms with van der Waals surface area (Å²) in [5.41, 5.74) is 4.49. The molecule has 2 N–H and O–H groups in total. The quantitative estimate of drug-likeness (QED) is 0.562. The molecule has 0 bridgehead atoms. The summed E-state index contributed by atoms with van der Waals surface area (Å²) in [4.78, 5) is 11.8. The highest BCUT2D eigenvalue weighted by molar-refractivity contribution is 5.85. The summed E-state index contributed by atoms with van der Waals surface area (Å²) in [6.07, 6.45) is -0.459. The molecule has 0 saturated carbocycles. The van der Waals surface area contributed by atoms with Crippen molar-refractivity contribution >= 4 is 23.2 Å². The lowest BCUT2D eigenvalue weighted by Crippen LogP contribution is -2.27. The molecule has 3 aromatic rings. The molecule has 138 valence electrons. The molecule has 4 heteroatoms. The SMILES string of the molecule is CC(C)(C)OC(=O)Nc1ccc(Nc2ccc(-c3ccccc3)cc2)cc1. The van der Waals surface area contributed by atoms with Crippen LogP contribution in [0.1, 0.15) is 20.8 Å². The van der Waals surface area contributed by atoms with Crippen molar-refractivity contribution in [2.24, 2.45) is 0 Å². The molecule has 0 spiro atoms. The van der Waals surface area contributed by atoms with Crippen LogP contribution >= 0.6 is 0 Å². The zero-order chi connectivity index (χ0) is 19.3. The Kier molecular flexibility index (Phi) is 5.46. The van der Waals surface area contributed by atoms with Gasteiger partial charge in [-0.1, -0.05) is 42.5 Å². The molecule has 1 amide bonds. The predicted molar refractivity (Wildman–Crippen MR) is 111 cm³/mol. The lowest BCUT2D eigenvalue weighted by Gasteiger charge is -2.19. The van der Waals surface area contributed by atoms with Crippen molar-refractivity contribution in [3.05, 3.63) is 78.9 Å². The molecule has 0 aromatic heterocycles. The topological polar surface area (TPSA) is 50.4 Å². The van der Waals surface area contributed by atoms with Crippen molar-refractivity contribution < 1.29 is 9.53 Å². The maximum atomic E-state index is 11.8. The minimum Gasteiger partial charge on any atom is -0.444 e. The summed E-state index contributed by atoms with van der Waals surface area (Å²) in [6.45, 7) is 5.51. The fourth-order valence-electron chi connectivity index (χ4n) is 2.60. The Bertz CT molecular complexity index is 880. The summed E-state index contributed by atoms with van der Waals surface area (Å²) >= 11 is 0. The third-order valence-electron chi connectivity index (χ3n) is 3.81. The van der Waals surface area contributed by atoms with Crippen molar-refractivity contribution in [1.29, 1.82) is 0 Å². The van der Waals surface area contributed by atoms with Gasteiger partial charge in [-0.05, 0) is 68.3 Å². The molecule has 0 unspecified atom stereocenters. The lowest BCUT2D eigenvalue weighted by atomic mass is 10.1. The number of ether oxygens (including phenoxy) is 1. The average molecular weight is 360 g/mol. The van der Waals surface area contributed by atoms with Gasteiger partial charge in [-0.15, -0.1) is 0 Å². The Balaban J connectivity index is 1.60. The first kappa shape index (κ1) is 18.5. The second-order valence-electron chi connectivity index (χ2n) is 7.27. The Morgan fingerprint density at radius 3 is 1.74 bits per heavy atom. The van der Waals surface area contributed by atoms with Gasteiger partial charge in [0.1, 0.15) is 5.60 Å². The first-order valence-corrected chi connectivity index (χ1v) is 8.92. The molecular formula is C23H24N2O2. The molecule has 4 nitrogen and oxygen atoms in total. The maximum Gasteiger partial charge on any atom is 0.412 e. The highest BCUT2D eigenvalue weighted by atomic mass is 16.6. The van der Waals surface area contributed by atoms with Crippen LogP contribution in [0.2, 0.25) is 0 Å². The summed E-state index contributed by atoms with van der Waals surface area (Å²) in [5, 5.41) is 6.08. The zero-order valence-corrected chi connectivity index (χ0v) is 15.8. The van der Waals surface area contributed by atoms with E-state index in [9.17, 15) is 4.79 Å². The third kappa shape index (κ3) is 5.61. The Morgan fingerprint density at radius 1 is 0.704 bits per heavy atom. The van der Waals surface area contributed by atoms with Crippen LogP contribution in [0.3, 0.4) is 0 Å². The molecule has 0 fully saturated rings. The van der Waals surface area contributed by atoms with E-state index >= 15 is 0 Å². The van der Waals surface area contributed by atoms with E-state index in [0.717, 1.165) is 11.4 Å². The van der Waals surface area contributed by atoms with Gasteiger partial charge in [0.25, 0.3) is 0 Å². The van der Waals surface area contributed by atoms with E-state index < -0.39 is 11.7 Å². The third-order valence-corrected chi connectivity index (χ3v) is 3.81. The molecule has 0 aliphatic rings. The molecule has 0 saturated heterocycles. The van der Waals surface area contributed by atoms with Crippen LogP contribution in [0.5, 0.6) is 0 Å². The molecule has 3 rings (SSSR count). The van der Waals surface area contributed by atoms with E-state index in [4.69, 9.17) is 4.74 Å². The number of benzene rings is 3. The van der Waals surface area contributed by atoms with Gasteiger partial charge in [-0.3, -0.25) is 5.32 Å². The van der Waals surface area contributed by atoms with Gasteiger partial charge in [0.2, 0.25) is 0 Å². The number of hydrogen-bond acceptors (Lipinski definition) is 3. The Hall–Kier alpha value is -3.27. The van der Waals surface area contributed by atoms with Gasteiger partial charge in [0, 0.05) is 17.1 Å². The molecular weight excluding hydrogens is 336 g/mol. The summed E-state index contributed by atoms with van der Waals surface area (Å²) in [5.74, 6) is 0. The number of amides is 1. The number of carbonyl (C=O) groups is 1. The van der Waals surface area contributed by atoms with Gasteiger partial charge in [-0.2, -0.15) is 0 Å². The molecule has 0 aliphatic carbocycles. The minimum atomic E-state index is -0.516. The van der Waals surface area contributed by atoms with Crippen LogP contribution in [-0.4, -0.2) is 11.7 Å². The highest BCUT2D eigenvalue weighted by Crippen LogP contribution is 2.24. The Labute approximate surface area is 160 Å². The van der Waals surface area contributed by atoms with Crippen LogP contribution < -0.4 is 10.6 Å². The van der Waals surface area contributed by atoms with Gasteiger partial charge < -0.3 is 10.1 Å². The van der Waals surface area contributed by atoms with E-state index in [0.29, 0.717) is 5.69 Å². The Morgan fingerprint density at radius 2 is 1.19 bits per heavy atom. The molecule has 0 aliphatic heterocycles. The molecule has 3 aromatic carbocycles. The van der Waals surface area contributed by atoms with E-state index in [1.807, 2.05) is 63.2 Å². The fourth-order valence-corrected chi connectivity index (χ4v) is 2.60. The largest absolute Gasteiger partial charge is 0.444 e. The van der Waals surface area contributed by atoms with Crippen molar-refractivity contribution in [2.45, 2.75) is 26.4 Å². The van der Waals surface area contributed by atoms with Crippen LogP contribution in [0.4, 0.5) is 21.9 Å².